The highest BCUT2D eigenvalue weighted by Gasteiger charge is 2.28. The number of benzene rings is 1. The predicted octanol–water partition coefficient (Wildman–Crippen LogP) is 3.16. The van der Waals surface area contributed by atoms with Crippen LogP contribution in [0.3, 0.4) is 0 Å². The molecule has 2 amide bonds. The Balaban J connectivity index is 1.07. The van der Waals surface area contributed by atoms with Gasteiger partial charge in [-0.05, 0) is 69.0 Å². The molecule has 7 nitrogen and oxygen atoms in total. The fourth-order valence-electron chi connectivity index (χ4n) is 4.77. The summed E-state index contributed by atoms with van der Waals surface area (Å²) >= 11 is 0. The van der Waals surface area contributed by atoms with Crippen molar-refractivity contribution >= 4 is 17.5 Å². The number of rotatable bonds is 8. The van der Waals surface area contributed by atoms with Gasteiger partial charge in [0.05, 0.1) is 6.26 Å². The number of carbonyl (C=O) groups excluding carboxylic acids is 2. The average molecular weight is 453 g/mol. The Morgan fingerprint density at radius 2 is 1.79 bits per heavy atom. The third kappa shape index (κ3) is 6.38. The molecule has 4 rings (SSSR count). The van der Waals surface area contributed by atoms with E-state index in [2.05, 4.69) is 46.3 Å². The molecular weight excluding hydrogens is 416 g/mol. The lowest BCUT2D eigenvalue weighted by Crippen LogP contribution is -2.46. The van der Waals surface area contributed by atoms with Gasteiger partial charge < -0.3 is 19.5 Å². The molecule has 0 aliphatic carbocycles. The van der Waals surface area contributed by atoms with Crippen LogP contribution >= 0.6 is 0 Å². The van der Waals surface area contributed by atoms with Gasteiger partial charge in [-0.2, -0.15) is 0 Å². The maximum atomic E-state index is 12.5. The van der Waals surface area contributed by atoms with Gasteiger partial charge in [-0.1, -0.05) is 12.1 Å². The zero-order chi connectivity index (χ0) is 23.0. The van der Waals surface area contributed by atoms with Crippen LogP contribution in [0.5, 0.6) is 0 Å². The predicted molar refractivity (Wildman–Crippen MR) is 129 cm³/mol. The first-order valence-corrected chi connectivity index (χ1v) is 12.2. The fourth-order valence-corrected chi connectivity index (χ4v) is 4.77. The van der Waals surface area contributed by atoms with Crippen molar-refractivity contribution in [2.75, 3.05) is 57.3 Å². The summed E-state index contributed by atoms with van der Waals surface area (Å²) in [6, 6.07) is 12.1. The van der Waals surface area contributed by atoms with Crippen molar-refractivity contribution in [1.29, 1.82) is 0 Å². The van der Waals surface area contributed by atoms with Crippen molar-refractivity contribution in [2.45, 2.75) is 32.6 Å². The van der Waals surface area contributed by atoms with Crippen LogP contribution in [0.4, 0.5) is 5.69 Å². The first kappa shape index (κ1) is 23.4. The monoisotopic (exact) mass is 452 g/mol. The van der Waals surface area contributed by atoms with Crippen molar-refractivity contribution in [2.24, 2.45) is 5.92 Å². The minimum absolute atomic E-state index is 0.000326. The van der Waals surface area contributed by atoms with Crippen LogP contribution in [0.15, 0.2) is 47.1 Å². The number of piperidine rings is 1. The summed E-state index contributed by atoms with van der Waals surface area (Å²) in [5.41, 5.74) is 2.64. The van der Waals surface area contributed by atoms with E-state index in [-0.39, 0.29) is 17.7 Å². The number of piperazine rings is 1. The van der Waals surface area contributed by atoms with Gasteiger partial charge in [-0.15, -0.1) is 0 Å². The Morgan fingerprint density at radius 1 is 1.00 bits per heavy atom. The van der Waals surface area contributed by atoms with E-state index < -0.39 is 0 Å². The lowest BCUT2D eigenvalue weighted by atomic mass is 9.95. The second-order valence-electron chi connectivity index (χ2n) is 9.21. The van der Waals surface area contributed by atoms with Gasteiger partial charge in [0.1, 0.15) is 0 Å². The van der Waals surface area contributed by atoms with Crippen molar-refractivity contribution in [3.8, 4) is 0 Å². The summed E-state index contributed by atoms with van der Waals surface area (Å²) in [5.74, 6) is 0.417. The highest BCUT2D eigenvalue weighted by molar-refractivity contribution is 5.91. The minimum atomic E-state index is -0.0847. The fraction of sp³-hybridized carbons (Fsp3) is 0.538. The largest absolute Gasteiger partial charge is 0.459 e. The third-order valence-corrected chi connectivity index (χ3v) is 6.82. The summed E-state index contributed by atoms with van der Waals surface area (Å²) in [6.07, 6.45) is 5.03. The van der Waals surface area contributed by atoms with E-state index in [1.54, 1.807) is 17.0 Å². The van der Waals surface area contributed by atoms with Gasteiger partial charge in [0, 0.05) is 57.4 Å². The molecule has 0 bridgehead atoms. The molecular formula is C26H36N4O3. The van der Waals surface area contributed by atoms with Crippen molar-refractivity contribution in [3.63, 3.8) is 0 Å². The molecule has 2 aliphatic rings. The average Bonchev–Trinajstić information content (AvgIpc) is 3.39. The number of amides is 2. The molecule has 2 fully saturated rings. The molecule has 0 radical (unpaired) electrons. The van der Waals surface area contributed by atoms with Gasteiger partial charge in [0.2, 0.25) is 5.91 Å². The number of anilines is 1. The lowest BCUT2D eigenvalue weighted by molar-refractivity contribution is -0.126. The SMILES string of the molecule is Cc1cccc(N2CCN(CCCCNC(=O)C3CCN(C(=O)c4ccco4)CC3)CC2)c1. The summed E-state index contributed by atoms with van der Waals surface area (Å²) < 4.78 is 5.20. The summed E-state index contributed by atoms with van der Waals surface area (Å²) in [6.45, 7) is 9.50. The van der Waals surface area contributed by atoms with Crippen molar-refractivity contribution in [3.05, 3.63) is 54.0 Å². The number of nitrogens with zero attached hydrogens (tertiary/aromatic N) is 3. The zero-order valence-corrected chi connectivity index (χ0v) is 19.7. The molecule has 7 heteroatoms. The third-order valence-electron chi connectivity index (χ3n) is 6.82. The lowest BCUT2D eigenvalue weighted by Gasteiger charge is -2.36. The Labute approximate surface area is 196 Å². The number of likely N-dealkylation sites (tertiary alicyclic amines) is 1. The first-order chi connectivity index (χ1) is 16.1. The van der Waals surface area contributed by atoms with E-state index in [4.69, 9.17) is 4.42 Å². The van der Waals surface area contributed by atoms with E-state index in [0.29, 0.717) is 31.7 Å². The number of hydrogen-bond donors (Lipinski definition) is 1. The second kappa shape index (κ2) is 11.4. The molecule has 33 heavy (non-hydrogen) atoms. The van der Waals surface area contributed by atoms with Gasteiger partial charge in [-0.3, -0.25) is 14.5 Å². The number of nitrogens with one attached hydrogen (secondary N) is 1. The molecule has 1 aromatic heterocycles. The molecule has 1 N–H and O–H groups in total. The van der Waals surface area contributed by atoms with Crippen LogP contribution in [-0.2, 0) is 4.79 Å². The van der Waals surface area contributed by atoms with Crippen molar-refractivity contribution in [1.82, 2.24) is 15.1 Å². The number of hydrogen-bond acceptors (Lipinski definition) is 5. The number of furan rings is 1. The molecule has 3 heterocycles. The maximum Gasteiger partial charge on any atom is 0.289 e. The van der Waals surface area contributed by atoms with E-state index in [1.165, 1.54) is 17.5 Å². The quantitative estimate of drug-likeness (QED) is 0.623. The van der Waals surface area contributed by atoms with Gasteiger partial charge >= 0.3 is 0 Å². The van der Waals surface area contributed by atoms with E-state index in [9.17, 15) is 9.59 Å². The molecule has 2 saturated heterocycles. The van der Waals surface area contributed by atoms with Crippen LogP contribution in [0.1, 0.15) is 41.8 Å². The Bertz CT molecular complexity index is 898. The highest BCUT2D eigenvalue weighted by Crippen LogP contribution is 2.20. The van der Waals surface area contributed by atoms with Crippen LogP contribution in [0, 0.1) is 12.8 Å². The van der Waals surface area contributed by atoms with Crippen molar-refractivity contribution < 1.29 is 14.0 Å². The van der Waals surface area contributed by atoms with Gasteiger partial charge in [0.15, 0.2) is 5.76 Å². The molecule has 2 aliphatic heterocycles. The van der Waals surface area contributed by atoms with Gasteiger partial charge in [0.25, 0.3) is 5.91 Å². The summed E-state index contributed by atoms with van der Waals surface area (Å²) in [7, 11) is 0. The summed E-state index contributed by atoms with van der Waals surface area (Å²) in [5, 5.41) is 3.11. The molecule has 178 valence electrons. The Morgan fingerprint density at radius 3 is 2.48 bits per heavy atom. The van der Waals surface area contributed by atoms with E-state index >= 15 is 0 Å². The minimum Gasteiger partial charge on any atom is -0.459 e. The molecule has 0 saturated carbocycles. The van der Waals surface area contributed by atoms with Crippen LogP contribution in [0.25, 0.3) is 0 Å². The number of unbranched alkanes of at least 4 members (excludes halogenated alkanes) is 1. The normalized spacial score (nSPS) is 17.8. The smallest absolute Gasteiger partial charge is 0.289 e. The standard InChI is InChI=1S/C26H36N4O3/c1-21-6-4-7-23(20-21)29-17-15-28(16-18-29)12-3-2-11-27-25(31)22-9-13-30(14-10-22)26(32)24-8-5-19-33-24/h4-8,19-20,22H,2-3,9-18H2,1H3,(H,27,31). The molecule has 0 spiro atoms. The van der Waals surface area contributed by atoms with Crippen LogP contribution in [-0.4, -0.2) is 74.0 Å². The summed E-state index contributed by atoms with van der Waals surface area (Å²) in [4.78, 5) is 31.6. The Kier molecular flexibility index (Phi) is 8.05. The number of aryl methyl sites for hydroxylation is 1. The van der Waals surface area contributed by atoms with Crippen LogP contribution < -0.4 is 10.2 Å². The van der Waals surface area contributed by atoms with Gasteiger partial charge in [-0.25, -0.2) is 0 Å². The second-order valence-corrected chi connectivity index (χ2v) is 9.21. The Hall–Kier alpha value is -2.80. The highest BCUT2D eigenvalue weighted by atomic mass is 16.3. The molecule has 2 aromatic rings. The molecule has 0 unspecified atom stereocenters. The van der Waals surface area contributed by atoms with E-state index in [0.717, 1.165) is 52.1 Å². The molecule has 0 atom stereocenters. The van der Waals surface area contributed by atoms with E-state index in [1.807, 2.05) is 0 Å². The zero-order valence-electron chi connectivity index (χ0n) is 19.7. The first-order valence-electron chi connectivity index (χ1n) is 12.2. The topological polar surface area (TPSA) is 69.0 Å². The molecule has 1 aromatic carbocycles. The maximum absolute atomic E-state index is 12.5. The van der Waals surface area contributed by atoms with Crippen LogP contribution in [0.2, 0.25) is 0 Å². The number of carbonyl (C=O) groups is 2.